The third kappa shape index (κ3) is 4.83. The van der Waals surface area contributed by atoms with Crippen molar-refractivity contribution in [3.05, 3.63) is 63.4 Å². The molecule has 0 aliphatic rings. The quantitative estimate of drug-likeness (QED) is 0.327. The van der Waals surface area contributed by atoms with E-state index < -0.39 is 4.92 Å². The van der Waals surface area contributed by atoms with Gasteiger partial charge in [-0.3, -0.25) is 10.1 Å². The summed E-state index contributed by atoms with van der Waals surface area (Å²) in [6.45, 7) is 1.22. The summed E-state index contributed by atoms with van der Waals surface area (Å²) in [4.78, 5) is 23.0. The van der Waals surface area contributed by atoms with Gasteiger partial charge in [-0.05, 0) is 24.6 Å². The van der Waals surface area contributed by atoms with Gasteiger partial charge in [0, 0.05) is 30.5 Å². The topological polar surface area (TPSA) is 111 Å². The standard InChI is InChI=1S/C16H15Cl2N7O2/c17-11-2-3-12(18)13(8-11)23-16-14(25(26)27)15(21-9-22-16)20-4-1-6-24-7-5-19-10-24/h2-3,5,7-10H,1,4,6H2,(H2,20,21,22,23). The molecule has 0 saturated heterocycles. The summed E-state index contributed by atoms with van der Waals surface area (Å²) in [6.07, 6.45) is 7.24. The van der Waals surface area contributed by atoms with Crippen LogP contribution in [-0.4, -0.2) is 31.0 Å². The first-order valence-corrected chi connectivity index (χ1v) is 8.71. The molecule has 3 rings (SSSR count). The molecule has 2 N–H and O–H groups in total. The van der Waals surface area contributed by atoms with Crippen molar-refractivity contribution in [1.82, 2.24) is 19.5 Å². The van der Waals surface area contributed by atoms with Crippen LogP contribution in [0.15, 0.2) is 43.2 Å². The Morgan fingerprint density at radius 2 is 2.04 bits per heavy atom. The fourth-order valence-corrected chi connectivity index (χ4v) is 2.72. The highest BCUT2D eigenvalue weighted by atomic mass is 35.5. The van der Waals surface area contributed by atoms with E-state index in [1.165, 1.54) is 6.33 Å². The van der Waals surface area contributed by atoms with E-state index >= 15 is 0 Å². The molecule has 140 valence electrons. The maximum Gasteiger partial charge on any atom is 0.353 e. The molecule has 0 unspecified atom stereocenters. The molecular weight excluding hydrogens is 393 g/mol. The second-order valence-corrected chi connectivity index (χ2v) is 6.35. The van der Waals surface area contributed by atoms with Crippen LogP contribution in [0.4, 0.5) is 23.0 Å². The van der Waals surface area contributed by atoms with Crippen molar-refractivity contribution in [2.24, 2.45) is 0 Å². The van der Waals surface area contributed by atoms with Crippen molar-refractivity contribution in [2.75, 3.05) is 17.2 Å². The van der Waals surface area contributed by atoms with Gasteiger partial charge in [0.15, 0.2) is 0 Å². The van der Waals surface area contributed by atoms with Crippen molar-refractivity contribution < 1.29 is 4.92 Å². The lowest BCUT2D eigenvalue weighted by Gasteiger charge is -2.11. The van der Waals surface area contributed by atoms with Crippen molar-refractivity contribution in [1.29, 1.82) is 0 Å². The maximum absolute atomic E-state index is 11.6. The monoisotopic (exact) mass is 407 g/mol. The van der Waals surface area contributed by atoms with Crippen LogP contribution in [0.2, 0.25) is 10.0 Å². The number of aromatic nitrogens is 4. The summed E-state index contributed by atoms with van der Waals surface area (Å²) in [7, 11) is 0. The summed E-state index contributed by atoms with van der Waals surface area (Å²) in [5.74, 6) is 0.151. The Labute approximate surface area is 164 Å². The molecule has 0 fully saturated rings. The zero-order valence-electron chi connectivity index (χ0n) is 14.0. The second-order valence-electron chi connectivity index (χ2n) is 5.51. The molecule has 3 aromatic rings. The van der Waals surface area contributed by atoms with Crippen LogP contribution in [0, 0.1) is 10.1 Å². The van der Waals surface area contributed by atoms with E-state index in [0.29, 0.717) is 22.3 Å². The number of rotatable bonds is 8. The normalized spacial score (nSPS) is 10.6. The van der Waals surface area contributed by atoms with Gasteiger partial charge in [-0.15, -0.1) is 0 Å². The van der Waals surface area contributed by atoms with Crippen molar-refractivity contribution >= 4 is 46.2 Å². The average Bonchev–Trinajstić information content (AvgIpc) is 3.15. The number of halogens is 2. The Kier molecular flexibility index (Phi) is 6.05. The molecule has 0 saturated carbocycles. The van der Waals surface area contributed by atoms with Gasteiger partial charge in [-0.25, -0.2) is 15.0 Å². The van der Waals surface area contributed by atoms with Gasteiger partial charge in [-0.2, -0.15) is 0 Å². The van der Waals surface area contributed by atoms with E-state index in [2.05, 4.69) is 25.6 Å². The second kappa shape index (κ2) is 8.65. The molecule has 27 heavy (non-hydrogen) atoms. The summed E-state index contributed by atoms with van der Waals surface area (Å²) >= 11 is 12.1. The molecule has 11 heteroatoms. The van der Waals surface area contributed by atoms with Crippen LogP contribution in [0.5, 0.6) is 0 Å². The first kappa shape index (κ1) is 18.9. The van der Waals surface area contributed by atoms with Crippen LogP contribution in [0.25, 0.3) is 0 Å². The summed E-state index contributed by atoms with van der Waals surface area (Å²) in [5, 5.41) is 18.2. The molecule has 0 spiro atoms. The van der Waals surface area contributed by atoms with Crippen LogP contribution in [0.1, 0.15) is 6.42 Å². The molecule has 1 aromatic carbocycles. The largest absolute Gasteiger partial charge is 0.364 e. The third-order valence-electron chi connectivity index (χ3n) is 3.63. The Hall–Kier alpha value is -2.91. The number of imidazole rings is 1. The molecule has 0 atom stereocenters. The lowest BCUT2D eigenvalue weighted by Crippen LogP contribution is -2.11. The van der Waals surface area contributed by atoms with Crippen molar-refractivity contribution in [2.45, 2.75) is 13.0 Å². The van der Waals surface area contributed by atoms with E-state index in [-0.39, 0.29) is 17.3 Å². The van der Waals surface area contributed by atoms with Crippen LogP contribution < -0.4 is 10.6 Å². The lowest BCUT2D eigenvalue weighted by molar-refractivity contribution is -0.383. The Bertz CT molecular complexity index is 935. The molecular formula is C16H15Cl2N7O2. The Balaban J connectivity index is 1.75. The highest BCUT2D eigenvalue weighted by Gasteiger charge is 2.23. The highest BCUT2D eigenvalue weighted by Crippen LogP contribution is 2.34. The van der Waals surface area contributed by atoms with E-state index in [1.54, 1.807) is 30.7 Å². The van der Waals surface area contributed by atoms with Gasteiger partial charge >= 0.3 is 5.69 Å². The zero-order valence-corrected chi connectivity index (χ0v) is 15.5. The minimum Gasteiger partial charge on any atom is -0.364 e. The first-order chi connectivity index (χ1) is 13.0. The van der Waals surface area contributed by atoms with Gasteiger partial charge < -0.3 is 15.2 Å². The van der Waals surface area contributed by atoms with E-state index in [1.807, 2.05) is 10.8 Å². The van der Waals surface area contributed by atoms with Crippen LogP contribution in [-0.2, 0) is 6.54 Å². The molecule has 0 aliphatic heterocycles. The number of hydrogen-bond acceptors (Lipinski definition) is 7. The van der Waals surface area contributed by atoms with Crippen LogP contribution in [0.3, 0.4) is 0 Å². The number of nitro groups is 1. The summed E-state index contributed by atoms with van der Waals surface area (Å²) < 4.78 is 1.92. The summed E-state index contributed by atoms with van der Waals surface area (Å²) in [6, 6.07) is 4.78. The van der Waals surface area contributed by atoms with E-state index in [0.717, 1.165) is 13.0 Å². The number of hydrogen-bond donors (Lipinski definition) is 2. The lowest BCUT2D eigenvalue weighted by atomic mass is 10.3. The van der Waals surface area contributed by atoms with Crippen molar-refractivity contribution in [3.8, 4) is 0 Å². The molecule has 0 amide bonds. The molecule has 0 radical (unpaired) electrons. The fraction of sp³-hybridized carbons (Fsp3) is 0.188. The molecule has 0 bridgehead atoms. The number of anilines is 3. The van der Waals surface area contributed by atoms with Gasteiger partial charge in [-0.1, -0.05) is 23.2 Å². The molecule has 0 aliphatic carbocycles. The maximum atomic E-state index is 11.6. The minimum absolute atomic E-state index is 0.0243. The molecule has 2 heterocycles. The fourth-order valence-electron chi connectivity index (χ4n) is 2.38. The van der Waals surface area contributed by atoms with Gasteiger partial charge in [0.25, 0.3) is 0 Å². The smallest absolute Gasteiger partial charge is 0.353 e. The van der Waals surface area contributed by atoms with Crippen LogP contribution >= 0.6 is 23.2 Å². The molecule has 9 nitrogen and oxygen atoms in total. The predicted molar refractivity (Wildman–Crippen MR) is 104 cm³/mol. The average molecular weight is 408 g/mol. The zero-order chi connectivity index (χ0) is 19.2. The highest BCUT2D eigenvalue weighted by molar-refractivity contribution is 6.35. The Morgan fingerprint density at radius 1 is 1.22 bits per heavy atom. The number of nitrogens with one attached hydrogen (secondary N) is 2. The van der Waals surface area contributed by atoms with E-state index in [4.69, 9.17) is 23.2 Å². The predicted octanol–water partition coefficient (Wildman–Crippen LogP) is 4.13. The minimum atomic E-state index is -0.543. The van der Waals surface area contributed by atoms with E-state index in [9.17, 15) is 10.1 Å². The van der Waals surface area contributed by atoms with Crippen molar-refractivity contribution in [3.63, 3.8) is 0 Å². The SMILES string of the molecule is O=[N+]([O-])c1c(NCCCn2ccnc2)ncnc1Nc1cc(Cl)ccc1Cl. The van der Waals surface area contributed by atoms with Gasteiger partial charge in [0.1, 0.15) is 6.33 Å². The summed E-state index contributed by atoms with van der Waals surface area (Å²) in [5.41, 5.74) is 0.146. The first-order valence-electron chi connectivity index (χ1n) is 7.95. The van der Waals surface area contributed by atoms with Gasteiger partial charge in [0.05, 0.1) is 22.0 Å². The molecule has 2 aromatic heterocycles. The third-order valence-corrected chi connectivity index (χ3v) is 4.20. The number of nitrogens with zero attached hydrogens (tertiary/aromatic N) is 5. The number of benzene rings is 1. The number of aryl methyl sites for hydroxylation is 1. The van der Waals surface area contributed by atoms with Gasteiger partial charge in [0.2, 0.25) is 11.6 Å². The Morgan fingerprint density at radius 3 is 2.78 bits per heavy atom.